The Labute approximate surface area is 161 Å². The van der Waals surface area contributed by atoms with Crippen molar-refractivity contribution in [1.82, 2.24) is 14.5 Å². The van der Waals surface area contributed by atoms with Crippen molar-refractivity contribution in [2.45, 2.75) is 34.2 Å². The van der Waals surface area contributed by atoms with Crippen LogP contribution in [0.5, 0.6) is 5.88 Å². The van der Waals surface area contributed by atoms with Gasteiger partial charge in [0.05, 0.1) is 16.6 Å². The lowest BCUT2D eigenvalue weighted by Gasteiger charge is -2.01. The van der Waals surface area contributed by atoms with Gasteiger partial charge in [-0.15, -0.1) is 10.2 Å². The lowest BCUT2D eigenvalue weighted by molar-refractivity contribution is 0.0995. The molecule has 2 aromatic heterocycles. The molecule has 7 nitrogen and oxygen atoms in total. The Morgan fingerprint density at radius 2 is 2.00 bits per heavy atom. The Hall–Kier alpha value is -3.48. The number of amides is 1. The van der Waals surface area contributed by atoms with Crippen LogP contribution in [0.15, 0.2) is 40.6 Å². The summed E-state index contributed by atoms with van der Waals surface area (Å²) in [7, 11) is 0. The van der Waals surface area contributed by atoms with Crippen molar-refractivity contribution in [3.8, 4) is 5.88 Å². The largest absolute Gasteiger partial charge is 0.493 e. The van der Waals surface area contributed by atoms with Crippen molar-refractivity contribution in [3.63, 3.8) is 0 Å². The zero-order valence-corrected chi connectivity index (χ0v) is 16.2. The topological polar surface area (TPSA) is 95.6 Å². The molecule has 0 saturated carbocycles. The SMILES string of the molecule is CCn1c(C)nc2cc(C(=O)N=Nc3c(O)[nH]c4c(C)cc(C)cc34)ccc21. The number of imidazole rings is 1. The van der Waals surface area contributed by atoms with Crippen LogP contribution >= 0.6 is 0 Å². The summed E-state index contributed by atoms with van der Waals surface area (Å²) in [6.07, 6.45) is 0. The van der Waals surface area contributed by atoms with Crippen LogP contribution in [-0.2, 0) is 6.54 Å². The Morgan fingerprint density at radius 1 is 1.21 bits per heavy atom. The van der Waals surface area contributed by atoms with Gasteiger partial charge in [-0.3, -0.25) is 4.79 Å². The second kappa shape index (κ2) is 6.60. The Balaban J connectivity index is 1.71. The maximum absolute atomic E-state index is 12.5. The van der Waals surface area contributed by atoms with E-state index in [0.717, 1.165) is 45.4 Å². The van der Waals surface area contributed by atoms with Gasteiger partial charge in [0.25, 0.3) is 5.91 Å². The zero-order chi connectivity index (χ0) is 20.0. The van der Waals surface area contributed by atoms with Crippen LogP contribution in [0.2, 0.25) is 0 Å². The first-order chi connectivity index (χ1) is 13.4. The number of aromatic amines is 1. The van der Waals surface area contributed by atoms with Gasteiger partial charge in [-0.25, -0.2) is 4.98 Å². The summed E-state index contributed by atoms with van der Waals surface area (Å²) in [5.74, 6) is 0.315. The van der Waals surface area contributed by atoms with Crippen molar-refractivity contribution >= 4 is 33.5 Å². The molecule has 0 aliphatic heterocycles. The smallest absolute Gasteiger partial charge is 0.295 e. The van der Waals surface area contributed by atoms with E-state index in [9.17, 15) is 9.90 Å². The molecule has 0 unspecified atom stereocenters. The first-order valence-corrected chi connectivity index (χ1v) is 9.14. The number of carbonyl (C=O) groups is 1. The van der Waals surface area contributed by atoms with Gasteiger partial charge >= 0.3 is 0 Å². The normalized spacial score (nSPS) is 11.9. The molecule has 2 aromatic carbocycles. The average Bonchev–Trinajstić information content (AvgIpc) is 3.14. The van der Waals surface area contributed by atoms with Crippen molar-refractivity contribution in [2.24, 2.45) is 10.2 Å². The van der Waals surface area contributed by atoms with Crippen LogP contribution in [0, 0.1) is 20.8 Å². The van der Waals surface area contributed by atoms with Crippen molar-refractivity contribution in [2.75, 3.05) is 0 Å². The number of H-pyrrole nitrogens is 1. The van der Waals surface area contributed by atoms with Crippen LogP contribution in [0.3, 0.4) is 0 Å². The van der Waals surface area contributed by atoms with Gasteiger partial charge in [0.2, 0.25) is 5.88 Å². The van der Waals surface area contributed by atoms with Gasteiger partial charge in [-0.2, -0.15) is 0 Å². The van der Waals surface area contributed by atoms with E-state index in [-0.39, 0.29) is 11.6 Å². The number of aryl methyl sites for hydroxylation is 4. The third-order valence-electron chi connectivity index (χ3n) is 4.95. The van der Waals surface area contributed by atoms with E-state index < -0.39 is 5.91 Å². The number of fused-ring (bicyclic) bond motifs is 2. The predicted octanol–water partition coefficient (Wildman–Crippen LogP) is 5.09. The number of nitrogens with zero attached hydrogens (tertiary/aromatic N) is 4. The number of carbonyl (C=O) groups excluding carboxylic acids is 1. The maximum atomic E-state index is 12.5. The second-order valence-corrected chi connectivity index (χ2v) is 6.94. The van der Waals surface area contributed by atoms with E-state index in [1.165, 1.54) is 0 Å². The minimum atomic E-state index is -0.483. The molecular formula is C21H21N5O2. The summed E-state index contributed by atoms with van der Waals surface area (Å²) in [5, 5.41) is 18.8. The fourth-order valence-electron chi connectivity index (χ4n) is 3.66. The monoisotopic (exact) mass is 375 g/mol. The number of benzene rings is 2. The molecule has 1 amide bonds. The van der Waals surface area contributed by atoms with Crippen LogP contribution < -0.4 is 0 Å². The van der Waals surface area contributed by atoms with E-state index in [0.29, 0.717) is 5.56 Å². The molecule has 0 radical (unpaired) electrons. The summed E-state index contributed by atoms with van der Waals surface area (Å²) in [6, 6.07) is 9.23. The van der Waals surface area contributed by atoms with Crippen molar-refractivity contribution in [1.29, 1.82) is 0 Å². The number of azo groups is 1. The highest BCUT2D eigenvalue weighted by molar-refractivity contribution is 5.99. The summed E-state index contributed by atoms with van der Waals surface area (Å²) in [4.78, 5) is 19.9. The van der Waals surface area contributed by atoms with Gasteiger partial charge in [0.15, 0.2) is 5.69 Å². The molecule has 0 saturated heterocycles. The van der Waals surface area contributed by atoms with E-state index >= 15 is 0 Å². The van der Waals surface area contributed by atoms with Crippen molar-refractivity contribution < 1.29 is 9.90 Å². The molecule has 142 valence electrons. The molecule has 4 rings (SSSR count). The van der Waals surface area contributed by atoms with E-state index in [2.05, 4.69) is 31.7 Å². The fourth-order valence-corrected chi connectivity index (χ4v) is 3.66. The van der Waals surface area contributed by atoms with Crippen LogP contribution in [0.25, 0.3) is 21.9 Å². The minimum Gasteiger partial charge on any atom is -0.493 e. The third kappa shape index (κ3) is 2.85. The summed E-state index contributed by atoms with van der Waals surface area (Å²) >= 11 is 0. The van der Waals surface area contributed by atoms with E-state index in [4.69, 9.17) is 0 Å². The lowest BCUT2D eigenvalue weighted by atomic mass is 10.1. The van der Waals surface area contributed by atoms with Gasteiger partial charge in [-0.05, 0) is 57.5 Å². The molecule has 0 atom stereocenters. The number of rotatable bonds is 3. The highest BCUT2D eigenvalue weighted by Crippen LogP contribution is 2.37. The molecule has 0 bridgehead atoms. The molecule has 0 fully saturated rings. The first-order valence-electron chi connectivity index (χ1n) is 9.14. The Bertz CT molecular complexity index is 1260. The molecule has 0 aliphatic rings. The summed E-state index contributed by atoms with van der Waals surface area (Å²) in [5.41, 5.74) is 5.22. The molecule has 7 heteroatoms. The number of hydrogen-bond donors (Lipinski definition) is 2. The highest BCUT2D eigenvalue weighted by atomic mass is 16.3. The van der Waals surface area contributed by atoms with Gasteiger partial charge in [0.1, 0.15) is 5.82 Å². The first kappa shape index (κ1) is 17.9. The molecular weight excluding hydrogens is 354 g/mol. The average molecular weight is 375 g/mol. The molecule has 2 heterocycles. The van der Waals surface area contributed by atoms with Gasteiger partial charge in [-0.1, -0.05) is 11.6 Å². The number of nitrogens with one attached hydrogen (secondary N) is 1. The number of aromatic nitrogens is 3. The maximum Gasteiger partial charge on any atom is 0.295 e. The molecule has 4 aromatic rings. The minimum absolute atomic E-state index is 0.104. The van der Waals surface area contributed by atoms with Crippen LogP contribution in [0.4, 0.5) is 5.69 Å². The third-order valence-corrected chi connectivity index (χ3v) is 4.95. The van der Waals surface area contributed by atoms with Gasteiger partial charge in [0, 0.05) is 17.5 Å². The molecule has 2 N–H and O–H groups in total. The van der Waals surface area contributed by atoms with Crippen LogP contribution in [-0.4, -0.2) is 25.5 Å². The summed E-state index contributed by atoms with van der Waals surface area (Å²) < 4.78 is 2.08. The van der Waals surface area contributed by atoms with Crippen molar-refractivity contribution in [3.05, 3.63) is 52.8 Å². The fraction of sp³-hybridized carbons (Fsp3) is 0.238. The van der Waals surface area contributed by atoms with Gasteiger partial charge < -0.3 is 14.7 Å². The number of hydrogen-bond acceptors (Lipinski definition) is 4. The summed E-state index contributed by atoms with van der Waals surface area (Å²) in [6.45, 7) is 8.72. The highest BCUT2D eigenvalue weighted by Gasteiger charge is 2.14. The van der Waals surface area contributed by atoms with Crippen LogP contribution in [0.1, 0.15) is 34.2 Å². The molecule has 0 spiro atoms. The quantitative estimate of drug-likeness (QED) is 0.488. The standard InChI is InChI=1S/C21H21N5O2/c1-5-26-13(4)22-16-10-14(6-7-17(16)26)20(27)25-24-19-15-9-11(2)8-12(3)18(15)23-21(19)28/h6-10,23,28H,5H2,1-4H3. The molecule has 0 aliphatic carbocycles. The second-order valence-electron chi connectivity index (χ2n) is 6.94. The Morgan fingerprint density at radius 3 is 2.75 bits per heavy atom. The van der Waals surface area contributed by atoms with E-state index in [1.807, 2.05) is 39.0 Å². The molecule has 28 heavy (non-hydrogen) atoms. The lowest BCUT2D eigenvalue weighted by Crippen LogP contribution is -1.97. The Kier molecular flexibility index (Phi) is 4.22. The predicted molar refractivity (Wildman–Crippen MR) is 108 cm³/mol. The number of aromatic hydroxyl groups is 1. The zero-order valence-electron chi connectivity index (χ0n) is 16.2. The van der Waals surface area contributed by atoms with E-state index in [1.54, 1.807) is 12.1 Å².